The topological polar surface area (TPSA) is 69.3 Å². The summed E-state index contributed by atoms with van der Waals surface area (Å²) in [5, 5.41) is 2.65. The molecule has 2 saturated heterocycles. The summed E-state index contributed by atoms with van der Waals surface area (Å²) in [5.41, 5.74) is 8.36. The van der Waals surface area contributed by atoms with Crippen LogP contribution in [0.5, 0.6) is 0 Å². The van der Waals surface area contributed by atoms with Gasteiger partial charge in [-0.05, 0) is 48.6 Å². The van der Waals surface area contributed by atoms with Gasteiger partial charge in [0, 0.05) is 50.4 Å². The molecular weight excluding hydrogens is 357 g/mol. The van der Waals surface area contributed by atoms with Crippen molar-refractivity contribution < 1.29 is 9.18 Å². The van der Waals surface area contributed by atoms with Crippen LogP contribution >= 0.6 is 0 Å². The van der Waals surface area contributed by atoms with E-state index in [4.69, 9.17) is 0 Å². The van der Waals surface area contributed by atoms with Gasteiger partial charge in [0.15, 0.2) is 0 Å². The molecule has 2 aromatic rings. The van der Waals surface area contributed by atoms with E-state index in [1.54, 1.807) is 31.4 Å². The normalized spacial score (nSPS) is 23.0. The number of nitrogens with zero attached hydrogens (tertiary/aromatic N) is 2. The number of piperidine rings is 1. The van der Waals surface area contributed by atoms with E-state index in [-0.39, 0.29) is 23.7 Å². The van der Waals surface area contributed by atoms with Gasteiger partial charge in [0.1, 0.15) is 11.6 Å². The molecule has 7 heteroatoms. The number of hydrazine groups is 1. The first kappa shape index (κ1) is 18.8. The molecule has 2 fully saturated rings. The van der Waals surface area contributed by atoms with Gasteiger partial charge in [0.2, 0.25) is 0 Å². The maximum Gasteiger partial charge on any atom is 0.251 e. The van der Waals surface area contributed by atoms with Gasteiger partial charge < -0.3 is 10.2 Å². The SMILES string of the molecule is CNC(=O)c1ccnc(N2CCC(C3NNCC3c3cccc(F)c3)CC2)c1. The van der Waals surface area contributed by atoms with Crippen molar-refractivity contribution in [1.29, 1.82) is 0 Å². The number of aromatic nitrogens is 1. The number of hydrogen-bond acceptors (Lipinski definition) is 5. The van der Waals surface area contributed by atoms with E-state index < -0.39 is 0 Å². The van der Waals surface area contributed by atoms with Gasteiger partial charge in [-0.1, -0.05) is 12.1 Å². The number of carbonyl (C=O) groups excluding carboxylic acids is 1. The van der Waals surface area contributed by atoms with Crippen molar-refractivity contribution in [3.05, 3.63) is 59.5 Å². The average Bonchev–Trinajstić information content (AvgIpc) is 3.23. The molecular formula is C21H26FN5O. The van der Waals surface area contributed by atoms with Crippen molar-refractivity contribution in [3.8, 4) is 0 Å². The molecule has 1 aromatic heterocycles. The van der Waals surface area contributed by atoms with Gasteiger partial charge in [0.25, 0.3) is 5.91 Å². The summed E-state index contributed by atoms with van der Waals surface area (Å²) >= 11 is 0. The summed E-state index contributed by atoms with van der Waals surface area (Å²) < 4.78 is 13.7. The summed E-state index contributed by atoms with van der Waals surface area (Å²) in [4.78, 5) is 18.6. The van der Waals surface area contributed by atoms with Crippen LogP contribution in [0, 0.1) is 11.7 Å². The highest BCUT2D eigenvalue weighted by Crippen LogP contribution is 2.33. The number of carbonyl (C=O) groups is 1. The summed E-state index contributed by atoms with van der Waals surface area (Å²) in [6.07, 6.45) is 3.74. The smallest absolute Gasteiger partial charge is 0.251 e. The fourth-order valence-electron chi connectivity index (χ4n) is 4.39. The van der Waals surface area contributed by atoms with Crippen LogP contribution in [0.4, 0.5) is 10.2 Å². The molecule has 2 aliphatic heterocycles. The molecule has 2 atom stereocenters. The lowest BCUT2D eigenvalue weighted by atomic mass is 9.80. The third kappa shape index (κ3) is 3.86. The maximum atomic E-state index is 13.7. The molecule has 2 aliphatic rings. The van der Waals surface area contributed by atoms with Crippen LogP contribution in [0.25, 0.3) is 0 Å². The van der Waals surface area contributed by atoms with E-state index in [0.29, 0.717) is 11.5 Å². The number of hydrogen-bond donors (Lipinski definition) is 3. The molecule has 0 radical (unpaired) electrons. The van der Waals surface area contributed by atoms with Gasteiger partial charge in [-0.3, -0.25) is 15.6 Å². The zero-order valence-electron chi connectivity index (χ0n) is 16.0. The van der Waals surface area contributed by atoms with Gasteiger partial charge in [0.05, 0.1) is 0 Å². The first-order valence-electron chi connectivity index (χ1n) is 9.82. The van der Waals surface area contributed by atoms with E-state index in [9.17, 15) is 9.18 Å². The zero-order chi connectivity index (χ0) is 19.5. The predicted molar refractivity (Wildman–Crippen MR) is 107 cm³/mol. The summed E-state index contributed by atoms with van der Waals surface area (Å²) in [6, 6.07) is 10.8. The number of pyridine rings is 1. The van der Waals surface area contributed by atoms with E-state index in [1.165, 1.54) is 6.07 Å². The first-order chi connectivity index (χ1) is 13.7. The van der Waals surface area contributed by atoms with Crippen molar-refractivity contribution in [2.45, 2.75) is 24.8 Å². The predicted octanol–water partition coefficient (Wildman–Crippen LogP) is 2.06. The standard InChI is InChI=1S/C21H26FN5O/c1-23-21(28)16-5-8-24-19(12-16)27-9-6-14(7-10-27)20-18(13-25-26-20)15-3-2-4-17(22)11-15/h2-5,8,11-12,14,18,20,25-26H,6-7,9-10,13H2,1H3,(H,23,28). The third-order valence-corrected chi connectivity index (χ3v) is 5.91. The van der Waals surface area contributed by atoms with Crippen molar-refractivity contribution in [2.24, 2.45) is 5.92 Å². The Hall–Kier alpha value is -2.51. The largest absolute Gasteiger partial charge is 0.357 e. The lowest BCUT2D eigenvalue weighted by Crippen LogP contribution is -2.44. The lowest BCUT2D eigenvalue weighted by Gasteiger charge is -2.37. The third-order valence-electron chi connectivity index (χ3n) is 5.91. The van der Waals surface area contributed by atoms with Gasteiger partial charge in [-0.15, -0.1) is 0 Å². The molecule has 0 aliphatic carbocycles. The van der Waals surface area contributed by atoms with Crippen LogP contribution in [0.1, 0.15) is 34.7 Å². The Balaban J connectivity index is 1.42. The fraction of sp³-hybridized carbons (Fsp3) is 0.429. The zero-order valence-corrected chi connectivity index (χ0v) is 16.0. The Labute approximate surface area is 164 Å². The van der Waals surface area contributed by atoms with Crippen molar-refractivity contribution in [3.63, 3.8) is 0 Å². The van der Waals surface area contributed by atoms with E-state index >= 15 is 0 Å². The Bertz CT molecular complexity index is 837. The summed E-state index contributed by atoms with van der Waals surface area (Å²) in [6.45, 7) is 2.59. The molecule has 0 spiro atoms. The van der Waals surface area contributed by atoms with Crippen molar-refractivity contribution >= 4 is 11.7 Å². The molecule has 148 valence electrons. The second-order valence-electron chi connectivity index (χ2n) is 7.52. The average molecular weight is 383 g/mol. The molecule has 3 heterocycles. The maximum absolute atomic E-state index is 13.7. The molecule has 0 bridgehead atoms. The van der Waals surface area contributed by atoms with Crippen LogP contribution in [-0.2, 0) is 0 Å². The lowest BCUT2D eigenvalue weighted by molar-refractivity contribution is 0.0963. The number of anilines is 1. The van der Waals surface area contributed by atoms with Crippen LogP contribution in [-0.4, -0.2) is 43.6 Å². The van der Waals surface area contributed by atoms with Crippen LogP contribution in [0.2, 0.25) is 0 Å². The van der Waals surface area contributed by atoms with Gasteiger partial charge in [-0.2, -0.15) is 0 Å². The minimum atomic E-state index is -0.181. The molecule has 1 amide bonds. The number of benzene rings is 1. The molecule has 4 rings (SSSR count). The Kier molecular flexibility index (Phi) is 5.54. The number of rotatable bonds is 4. The quantitative estimate of drug-likeness (QED) is 0.754. The van der Waals surface area contributed by atoms with E-state index in [1.807, 2.05) is 12.1 Å². The number of nitrogens with one attached hydrogen (secondary N) is 3. The summed E-state index contributed by atoms with van der Waals surface area (Å²) in [5.74, 6) is 1.33. The van der Waals surface area contributed by atoms with Crippen LogP contribution < -0.4 is 21.1 Å². The Morgan fingerprint density at radius 3 is 2.82 bits per heavy atom. The number of halogens is 1. The van der Waals surface area contributed by atoms with Crippen LogP contribution in [0.15, 0.2) is 42.6 Å². The highest BCUT2D eigenvalue weighted by Gasteiger charge is 2.36. The molecule has 1 aromatic carbocycles. The highest BCUT2D eigenvalue weighted by molar-refractivity contribution is 5.94. The molecule has 0 saturated carbocycles. The highest BCUT2D eigenvalue weighted by atomic mass is 19.1. The fourth-order valence-corrected chi connectivity index (χ4v) is 4.39. The molecule has 28 heavy (non-hydrogen) atoms. The Morgan fingerprint density at radius 2 is 2.07 bits per heavy atom. The monoisotopic (exact) mass is 383 g/mol. The minimum absolute atomic E-state index is 0.0994. The molecule has 2 unspecified atom stereocenters. The van der Waals surface area contributed by atoms with Gasteiger partial charge >= 0.3 is 0 Å². The number of amides is 1. The molecule has 6 nitrogen and oxygen atoms in total. The van der Waals surface area contributed by atoms with E-state index in [0.717, 1.165) is 43.9 Å². The second kappa shape index (κ2) is 8.24. The minimum Gasteiger partial charge on any atom is -0.357 e. The first-order valence-corrected chi connectivity index (χ1v) is 9.82. The Morgan fingerprint density at radius 1 is 1.25 bits per heavy atom. The van der Waals surface area contributed by atoms with Crippen LogP contribution in [0.3, 0.4) is 0 Å². The van der Waals surface area contributed by atoms with Gasteiger partial charge in [-0.25, -0.2) is 9.37 Å². The summed E-state index contributed by atoms with van der Waals surface area (Å²) in [7, 11) is 1.63. The van der Waals surface area contributed by atoms with Crippen molar-refractivity contribution in [2.75, 3.05) is 31.6 Å². The van der Waals surface area contributed by atoms with E-state index in [2.05, 4.69) is 26.1 Å². The molecule has 3 N–H and O–H groups in total. The van der Waals surface area contributed by atoms with Crippen molar-refractivity contribution in [1.82, 2.24) is 21.2 Å². The second-order valence-corrected chi connectivity index (χ2v) is 7.52.